The molecule has 0 amide bonds. The Morgan fingerprint density at radius 2 is 1.74 bits per heavy atom. The molecular weight excluding hydrogens is 398 g/mol. The fraction of sp³-hybridized carbons (Fsp3) is 0.417. The Labute approximate surface area is 183 Å². The number of nitrogens with two attached hydrogens (primary N) is 1. The van der Waals surface area contributed by atoms with E-state index in [-0.39, 0.29) is 12.6 Å². The number of hydrogen-bond acceptors (Lipinski definition) is 6. The number of carbonyl (C=O) groups is 2. The van der Waals surface area contributed by atoms with Gasteiger partial charge in [0, 0.05) is 17.7 Å². The van der Waals surface area contributed by atoms with E-state index < -0.39 is 23.8 Å². The van der Waals surface area contributed by atoms with Gasteiger partial charge >= 0.3 is 11.9 Å². The van der Waals surface area contributed by atoms with Gasteiger partial charge in [-0.15, -0.1) is 0 Å². The van der Waals surface area contributed by atoms with Crippen molar-refractivity contribution in [1.82, 2.24) is 0 Å². The van der Waals surface area contributed by atoms with E-state index in [0.717, 1.165) is 6.42 Å². The Morgan fingerprint density at radius 3 is 2.29 bits per heavy atom. The highest BCUT2D eigenvalue weighted by atomic mass is 16.5. The SMILES string of the molecule is COc1ccc(COC(=O)[C@H]2CCC[C@H]2C(=O)O)c(OC)c1.C[C@@H](N)c1ccccc1. The quantitative estimate of drug-likeness (QED) is 0.642. The molecule has 0 spiro atoms. The third-order valence-corrected chi connectivity index (χ3v) is 5.33. The highest BCUT2D eigenvalue weighted by molar-refractivity contribution is 5.81. The third kappa shape index (κ3) is 7.00. The lowest BCUT2D eigenvalue weighted by Gasteiger charge is -2.16. The second-order valence-electron chi connectivity index (χ2n) is 7.47. The summed E-state index contributed by atoms with van der Waals surface area (Å²) in [4.78, 5) is 23.2. The van der Waals surface area contributed by atoms with Crippen molar-refractivity contribution < 1.29 is 28.9 Å². The Bertz CT molecular complexity index is 852. The van der Waals surface area contributed by atoms with E-state index in [9.17, 15) is 9.59 Å². The summed E-state index contributed by atoms with van der Waals surface area (Å²) in [5.74, 6) is -1.36. The maximum atomic E-state index is 12.1. The summed E-state index contributed by atoms with van der Waals surface area (Å²) >= 11 is 0. The zero-order valence-corrected chi connectivity index (χ0v) is 18.2. The van der Waals surface area contributed by atoms with E-state index in [1.807, 2.05) is 37.3 Å². The normalized spacial score (nSPS) is 18.3. The monoisotopic (exact) mass is 429 g/mol. The molecule has 2 aromatic carbocycles. The minimum Gasteiger partial charge on any atom is -0.497 e. The zero-order chi connectivity index (χ0) is 22.8. The van der Waals surface area contributed by atoms with Crippen molar-refractivity contribution in [3.8, 4) is 11.5 Å². The van der Waals surface area contributed by atoms with Crippen molar-refractivity contribution in [3.05, 3.63) is 59.7 Å². The average molecular weight is 430 g/mol. The molecule has 1 aliphatic carbocycles. The molecule has 0 bridgehead atoms. The Balaban J connectivity index is 0.000000316. The molecule has 3 N–H and O–H groups in total. The molecule has 0 aromatic heterocycles. The van der Waals surface area contributed by atoms with Gasteiger partial charge in [-0.25, -0.2) is 0 Å². The van der Waals surface area contributed by atoms with Gasteiger partial charge < -0.3 is 25.1 Å². The molecule has 0 saturated heterocycles. The number of ether oxygens (including phenoxy) is 3. The minimum atomic E-state index is -0.929. The molecule has 168 valence electrons. The Morgan fingerprint density at radius 1 is 1.06 bits per heavy atom. The molecule has 31 heavy (non-hydrogen) atoms. The van der Waals surface area contributed by atoms with Gasteiger partial charge in [-0.3, -0.25) is 9.59 Å². The van der Waals surface area contributed by atoms with Gasteiger partial charge in [0.05, 0.1) is 26.1 Å². The van der Waals surface area contributed by atoms with Crippen molar-refractivity contribution in [3.63, 3.8) is 0 Å². The fourth-order valence-corrected chi connectivity index (χ4v) is 3.52. The lowest BCUT2D eigenvalue weighted by molar-refractivity contribution is -0.157. The molecule has 0 aliphatic heterocycles. The summed E-state index contributed by atoms with van der Waals surface area (Å²) in [6, 6.07) is 15.4. The number of carboxylic acid groups (broad SMARTS) is 1. The van der Waals surface area contributed by atoms with Crippen molar-refractivity contribution in [2.45, 2.75) is 38.8 Å². The predicted molar refractivity (Wildman–Crippen MR) is 117 cm³/mol. The van der Waals surface area contributed by atoms with E-state index in [1.54, 1.807) is 25.3 Å². The molecule has 1 fully saturated rings. The Hall–Kier alpha value is -3.06. The molecular formula is C24H31NO6. The van der Waals surface area contributed by atoms with Crippen LogP contribution in [0.5, 0.6) is 11.5 Å². The first-order valence-electron chi connectivity index (χ1n) is 10.3. The molecule has 7 nitrogen and oxygen atoms in total. The van der Waals surface area contributed by atoms with Crippen LogP contribution < -0.4 is 15.2 Å². The average Bonchev–Trinajstić information content (AvgIpc) is 3.29. The van der Waals surface area contributed by atoms with Crippen LogP contribution in [-0.2, 0) is 20.9 Å². The number of benzene rings is 2. The van der Waals surface area contributed by atoms with Crippen molar-refractivity contribution in [2.75, 3.05) is 14.2 Å². The summed E-state index contributed by atoms with van der Waals surface area (Å²) in [6.45, 7) is 2.03. The number of methoxy groups -OCH3 is 2. The minimum absolute atomic E-state index is 0.0504. The van der Waals surface area contributed by atoms with Crippen molar-refractivity contribution in [1.29, 1.82) is 0 Å². The molecule has 1 aliphatic rings. The molecule has 0 radical (unpaired) electrons. The van der Waals surface area contributed by atoms with E-state index in [2.05, 4.69) is 0 Å². The van der Waals surface area contributed by atoms with Gasteiger partial charge in [0.15, 0.2) is 0 Å². The second-order valence-corrected chi connectivity index (χ2v) is 7.47. The topological polar surface area (TPSA) is 108 Å². The number of rotatable bonds is 7. The lowest BCUT2D eigenvalue weighted by atomic mass is 9.96. The van der Waals surface area contributed by atoms with E-state index in [0.29, 0.717) is 29.9 Å². The maximum Gasteiger partial charge on any atom is 0.310 e. The fourth-order valence-electron chi connectivity index (χ4n) is 3.52. The van der Waals surface area contributed by atoms with Gasteiger partial charge in [-0.1, -0.05) is 36.8 Å². The molecule has 0 unspecified atom stereocenters. The van der Waals surface area contributed by atoms with Gasteiger partial charge in [-0.05, 0) is 37.5 Å². The summed E-state index contributed by atoms with van der Waals surface area (Å²) in [5.41, 5.74) is 7.52. The van der Waals surface area contributed by atoms with Crippen LogP contribution >= 0.6 is 0 Å². The number of esters is 1. The maximum absolute atomic E-state index is 12.1. The zero-order valence-electron chi connectivity index (χ0n) is 18.2. The predicted octanol–water partition coefficient (Wildman–Crippen LogP) is 3.95. The van der Waals surface area contributed by atoms with Crippen LogP contribution in [0, 0.1) is 11.8 Å². The standard InChI is InChI=1S/C16H20O6.C8H11N/c1-20-11-7-6-10(14(8-11)21-2)9-22-16(19)13-5-3-4-12(13)15(17)18;1-7(9)8-5-3-2-4-6-8/h6-8,12-13H,3-5,9H2,1-2H3,(H,17,18);2-7H,9H2,1H3/t12-,13+;7-/m11/s1. The summed E-state index contributed by atoms with van der Waals surface area (Å²) in [6.07, 6.45) is 1.83. The third-order valence-electron chi connectivity index (χ3n) is 5.33. The van der Waals surface area contributed by atoms with Gasteiger partial charge in [0.25, 0.3) is 0 Å². The van der Waals surface area contributed by atoms with Gasteiger partial charge in [0.2, 0.25) is 0 Å². The molecule has 7 heteroatoms. The first-order chi connectivity index (χ1) is 14.9. The van der Waals surface area contributed by atoms with Crippen molar-refractivity contribution in [2.24, 2.45) is 17.6 Å². The molecule has 1 saturated carbocycles. The van der Waals surface area contributed by atoms with Crippen LogP contribution in [0.4, 0.5) is 0 Å². The van der Waals surface area contributed by atoms with E-state index in [4.69, 9.17) is 25.1 Å². The first-order valence-corrected chi connectivity index (χ1v) is 10.3. The van der Waals surface area contributed by atoms with E-state index in [1.165, 1.54) is 12.7 Å². The van der Waals surface area contributed by atoms with Crippen LogP contribution in [0.25, 0.3) is 0 Å². The molecule has 3 atom stereocenters. The largest absolute Gasteiger partial charge is 0.497 e. The van der Waals surface area contributed by atoms with Crippen molar-refractivity contribution >= 4 is 11.9 Å². The second kappa shape index (κ2) is 12.0. The lowest BCUT2D eigenvalue weighted by Crippen LogP contribution is -2.26. The van der Waals surface area contributed by atoms with Gasteiger partial charge in [-0.2, -0.15) is 0 Å². The highest BCUT2D eigenvalue weighted by Gasteiger charge is 2.38. The number of hydrogen-bond donors (Lipinski definition) is 2. The van der Waals surface area contributed by atoms with Crippen LogP contribution in [0.15, 0.2) is 48.5 Å². The Kier molecular flexibility index (Phi) is 9.34. The summed E-state index contributed by atoms with van der Waals surface area (Å²) < 4.78 is 15.6. The molecule has 3 rings (SSSR count). The summed E-state index contributed by atoms with van der Waals surface area (Å²) in [5, 5.41) is 9.12. The molecule has 0 heterocycles. The summed E-state index contributed by atoms with van der Waals surface area (Å²) in [7, 11) is 3.08. The van der Waals surface area contributed by atoms with Gasteiger partial charge in [0.1, 0.15) is 18.1 Å². The number of aliphatic carboxylic acids is 1. The van der Waals surface area contributed by atoms with Crippen LogP contribution in [0.2, 0.25) is 0 Å². The van der Waals surface area contributed by atoms with Crippen LogP contribution in [-0.4, -0.2) is 31.3 Å². The smallest absolute Gasteiger partial charge is 0.310 e. The van der Waals surface area contributed by atoms with Crippen LogP contribution in [0.1, 0.15) is 43.4 Å². The number of carboxylic acids is 1. The van der Waals surface area contributed by atoms with Crippen LogP contribution in [0.3, 0.4) is 0 Å². The van der Waals surface area contributed by atoms with E-state index >= 15 is 0 Å². The number of carbonyl (C=O) groups excluding carboxylic acids is 1. The first kappa shape index (κ1) is 24.2. The highest BCUT2D eigenvalue weighted by Crippen LogP contribution is 2.33. The molecule has 2 aromatic rings.